The Labute approximate surface area is 327 Å². The van der Waals surface area contributed by atoms with E-state index in [1.54, 1.807) is 74.2 Å². The molecule has 1 aliphatic rings. The number of hydrogen-bond donors (Lipinski definition) is 3. The van der Waals surface area contributed by atoms with Crippen LogP contribution in [0.4, 0.5) is 9.18 Å². The van der Waals surface area contributed by atoms with Crippen molar-refractivity contribution in [2.75, 3.05) is 32.7 Å². The second-order valence-electron chi connectivity index (χ2n) is 14.5. The number of hydrogen-bond acceptors (Lipinski definition) is 11. The minimum atomic E-state index is -0.639. The number of carbonyl (C=O) groups is 4. The number of alkyl carbamates (subject to hydrolysis) is 1. The first-order chi connectivity index (χ1) is 27.3. The van der Waals surface area contributed by atoms with Gasteiger partial charge in [0.25, 0.3) is 11.5 Å². The first-order valence-corrected chi connectivity index (χ1v) is 18.5. The van der Waals surface area contributed by atoms with Crippen LogP contribution in [0, 0.1) is 5.82 Å². The molecular formula is C40H43FN10O6. The van der Waals surface area contributed by atoms with E-state index >= 15 is 0 Å². The molecule has 0 spiro atoms. The number of ether oxygens (including phenoxy) is 1. The second-order valence-corrected chi connectivity index (χ2v) is 14.5. The molecule has 16 nitrogen and oxygen atoms in total. The number of aromatic nitrogens is 6. The third-order valence-corrected chi connectivity index (χ3v) is 9.10. The lowest BCUT2D eigenvalue weighted by Gasteiger charge is -2.35. The van der Waals surface area contributed by atoms with Crippen LogP contribution in [0.3, 0.4) is 0 Å². The number of carbonyl (C=O) groups excluding carboxylic acids is 4. The minimum Gasteiger partial charge on any atom is -0.444 e. The van der Waals surface area contributed by atoms with E-state index < -0.39 is 23.4 Å². The first kappa shape index (κ1) is 40.0. The standard InChI is InChI=1S/C40H43FN10O6/c1-40(2,3)57-39(56)43-24-33-45-47-36(48-46-33)27-13-10-25(11-14-27)23-34(52)42-16-6-9-35(53)50-17-19-51(20-18-50)38(55)30-21-26(12-15-31(30)41)22-32-28-7-4-5-8-29(28)37(54)49-44-32/h4-5,7-8,10-15,21H,6,9,16-20,22-24H2,1-3H3,(H,42,52)(H,43,56)(H,49,54). The number of piperazine rings is 1. The lowest BCUT2D eigenvalue weighted by molar-refractivity contribution is -0.133. The van der Waals surface area contributed by atoms with Crippen molar-refractivity contribution in [2.45, 2.75) is 58.6 Å². The highest BCUT2D eigenvalue weighted by molar-refractivity contribution is 5.95. The molecule has 0 aliphatic carbocycles. The number of halogens is 1. The summed E-state index contributed by atoms with van der Waals surface area (Å²) in [7, 11) is 0. The predicted molar refractivity (Wildman–Crippen MR) is 206 cm³/mol. The van der Waals surface area contributed by atoms with Gasteiger partial charge in [-0.2, -0.15) is 5.10 Å². The van der Waals surface area contributed by atoms with E-state index in [2.05, 4.69) is 41.2 Å². The quantitative estimate of drug-likeness (QED) is 0.157. The van der Waals surface area contributed by atoms with E-state index in [-0.39, 0.29) is 73.5 Å². The van der Waals surface area contributed by atoms with Crippen molar-refractivity contribution < 1.29 is 28.3 Å². The summed E-state index contributed by atoms with van der Waals surface area (Å²) in [5.74, 6) is -0.863. The summed E-state index contributed by atoms with van der Waals surface area (Å²) in [6.45, 7) is 6.76. The van der Waals surface area contributed by atoms with Gasteiger partial charge in [0, 0.05) is 56.5 Å². The van der Waals surface area contributed by atoms with Gasteiger partial charge in [0.1, 0.15) is 11.4 Å². The van der Waals surface area contributed by atoms with Gasteiger partial charge in [-0.05, 0) is 56.5 Å². The van der Waals surface area contributed by atoms with Crippen molar-refractivity contribution in [3.63, 3.8) is 0 Å². The molecule has 296 valence electrons. The van der Waals surface area contributed by atoms with Crippen LogP contribution in [0.15, 0.2) is 71.5 Å². The Hall–Kier alpha value is -6.65. The van der Waals surface area contributed by atoms with Gasteiger partial charge in [0.05, 0.1) is 29.6 Å². The maximum absolute atomic E-state index is 14.9. The zero-order valence-electron chi connectivity index (χ0n) is 31.9. The van der Waals surface area contributed by atoms with Gasteiger partial charge in [0.2, 0.25) is 17.6 Å². The fourth-order valence-corrected chi connectivity index (χ4v) is 6.22. The van der Waals surface area contributed by atoms with Crippen LogP contribution in [-0.4, -0.2) is 103 Å². The summed E-state index contributed by atoms with van der Waals surface area (Å²) in [4.78, 5) is 66.1. The van der Waals surface area contributed by atoms with Crippen LogP contribution in [0.1, 0.15) is 66.6 Å². The third kappa shape index (κ3) is 10.8. The Bertz CT molecular complexity index is 2300. The van der Waals surface area contributed by atoms with Gasteiger partial charge in [-0.1, -0.05) is 48.5 Å². The van der Waals surface area contributed by atoms with Gasteiger partial charge in [0.15, 0.2) is 5.82 Å². The van der Waals surface area contributed by atoms with Crippen LogP contribution in [0.2, 0.25) is 0 Å². The van der Waals surface area contributed by atoms with E-state index in [9.17, 15) is 28.4 Å². The van der Waals surface area contributed by atoms with Crippen molar-refractivity contribution >= 4 is 34.6 Å². The summed E-state index contributed by atoms with van der Waals surface area (Å²) >= 11 is 0. The molecular weight excluding hydrogens is 736 g/mol. The molecule has 3 N–H and O–H groups in total. The molecule has 1 saturated heterocycles. The normalized spacial score (nSPS) is 13.0. The third-order valence-electron chi connectivity index (χ3n) is 9.10. The number of aromatic amines is 1. The Morgan fingerprint density at radius 3 is 2.21 bits per heavy atom. The molecule has 57 heavy (non-hydrogen) atoms. The maximum atomic E-state index is 14.9. The average molecular weight is 779 g/mol. The number of nitrogens with one attached hydrogen (secondary N) is 3. The monoisotopic (exact) mass is 778 g/mol. The summed E-state index contributed by atoms with van der Waals surface area (Å²) in [6, 6.07) is 18.5. The Kier molecular flexibility index (Phi) is 12.5. The second kappa shape index (κ2) is 17.9. The molecule has 3 aromatic carbocycles. The van der Waals surface area contributed by atoms with Crippen LogP contribution >= 0.6 is 0 Å². The molecule has 5 aromatic rings. The Morgan fingerprint density at radius 1 is 0.842 bits per heavy atom. The first-order valence-electron chi connectivity index (χ1n) is 18.5. The highest BCUT2D eigenvalue weighted by Gasteiger charge is 2.27. The minimum absolute atomic E-state index is 0.0107. The van der Waals surface area contributed by atoms with Crippen molar-refractivity contribution in [2.24, 2.45) is 0 Å². The van der Waals surface area contributed by atoms with E-state index in [1.165, 1.54) is 17.0 Å². The average Bonchev–Trinajstić information content (AvgIpc) is 3.20. The number of nitrogens with zero attached hydrogens (tertiary/aromatic N) is 7. The molecule has 0 atom stereocenters. The Morgan fingerprint density at radius 2 is 1.51 bits per heavy atom. The number of rotatable bonds is 12. The van der Waals surface area contributed by atoms with Crippen LogP contribution in [-0.2, 0) is 33.7 Å². The summed E-state index contributed by atoms with van der Waals surface area (Å²) in [5, 5.41) is 29.4. The van der Waals surface area contributed by atoms with Gasteiger partial charge in [-0.15, -0.1) is 20.4 Å². The van der Waals surface area contributed by atoms with E-state index in [4.69, 9.17) is 4.74 Å². The summed E-state index contributed by atoms with van der Waals surface area (Å²) < 4.78 is 20.1. The number of fused-ring (bicyclic) bond motifs is 1. The largest absolute Gasteiger partial charge is 0.444 e. The molecule has 17 heteroatoms. The molecule has 0 bridgehead atoms. The van der Waals surface area contributed by atoms with Crippen molar-refractivity contribution in [3.05, 3.63) is 111 Å². The van der Waals surface area contributed by atoms with Gasteiger partial charge in [-0.3, -0.25) is 19.2 Å². The fraction of sp³-hybridized carbons (Fsp3) is 0.350. The van der Waals surface area contributed by atoms with Crippen molar-refractivity contribution in [1.82, 2.24) is 51.0 Å². The van der Waals surface area contributed by atoms with Crippen molar-refractivity contribution in [3.8, 4) is 11.4 Å². The molecule has 0 saturated carbocycles. The topological polar surface area (TPSA) is 205 Å². The molecule has 2 aromatic heterocycles. The summed E-state index contributed by atoms with van der Waals surface area (Å²) in [6.07, 6.45) is 0.502. The molecule has 0 unspecified atom stereocenters. The molecule has 1 fully saturated rings. The SMILES string of the molecule is CC(C)(C)OC(=O)NCc1nnc(-c2ccc(CC(=O)NCCCC(=O)N3CCN(C(=O)c4cc(Cc5n[nH]c(=O)c6ccccc56)ccc4F)CC3)cc2)nn1. The molecule has 1 aliphatic heterocycles. The highest BCUT2D eigenvalue weighted by Crippen LogP contribution is 2.21. The van der Waals surface area contributed by atoms with Crippen molar-refractivity contribution in [1.29, 1.82) is 0 Å². The van der Waals surface area contributed by atoms with Gasteiger partial charge < -0.3 is 25.2 Å². The maximum Gasteiger partial charge on any atom is 0.408 e. The highest BCUT2D eigenvalue weighted by atomic mass is 19.1. The van der Waals surface area contributed by atoms with Crippen LogP contribution in [0.25, 0.3) is 22.2 Å². The van der Waals surface area contributed by atoms with E-state index in [1.807, 2.05) is 6.07 Å². The molecule has 0 radical (unpaired) electrons. The Balaban J connectivity index is 0.900. The number of benzene rings is 3. The predicted octanol–water partition coefficient (Wildman–Crippen LogP) is 3.35. The lowest BCUT2D eigenvalue weighted by atomic mass is 10.0. The van der Waals surface area contributed by atoms with Gasteiger partial charge in [-0.25, -0.2) is 14.3 Å². The van der Waals surface area contributed by atoms with Gasteiger partial charge >= 0.3 is 6.09 Å². The lowest BCUT2D eigenvalue weighted by Crippen LogP contribution is -2.50. The van der Waals surface area contributed by atoms with Crippen LogP contribution < -0.4 is 16.2 Å². The van der Waals surface area contributed by atoms with E-state index in [0.29, 0.717) is 53.6 Å². The fourth-order valence-electron chi connectivity index (χ4n) is 6.22. The molecule has 4 amide bonds. The zero-order valence-corrected chi connectivity index (χ0v) is 31.9. The molecule has 6 rings (SSSR count). The summed E-state index contributed by atoms with van der Waals surface area (Å²) in [5.41, 5.74) is 1.70. The number of amides is 4. The van der Waals surface area contributed by atoms with E-state index in [0.717, 1.165) is 5.56 Å². The smallest absolute Gasteiger partial charge is 0.408 e. The zero-order chi connectivity index (χ0) is 40.5. The number of H-pyrrole nitrogens is 1. The van der Waals surface area contributed by atoms with Crippen LogP contribution in [0.5, 0.6) is 0 Å². The molecule has 3 heterocycles.